The summed E-state index contributed by atoms with van der Waals surface area (Å²) in [5.41, 5.74) is 5.67. The number of anilines is 2. The molecule has 3 aromatic carbocycles. The topological polar surface area (TPSA) is 58.4 Å². The van der Waals surface area contributed by atoms with Gasteiger partial charge in [-0.3, -0.25) is 4.79 Å². The molecule has 5 nitrogen and oxygen atoms in total. The number of carbonyl (C=O) groups excluding carboxylic acids is 1. The van der Waals surface area contributed by atoms with Gasteiger partial charge in [-0.1, -0.05) is 18.2 Å². The van der Waals surface area contributed by atoms with E-state index in [1.807, 2.05) is 86.6 Å². The fourth-order valence-corrected chi connectivity index (χ4v) is 3.05. The summed E-state index contributed by atoms with van der Waals surface area (Å²) in [5, 5.41) is 2.93. The van der Waals surface area contributed by atoms with Gasteiger partial charge in [-0.05, 0) is 55.0 Å². The van der Waals surface area contributed by atoms with Crippen LogP contribution < -0.4 is 10.2 Å². The lowest BCUT2D eigenvalue weighted by molar-refractivity contribution is 0.102. The Morgan fingerprint density at radius 3 is 2.46 bits per heavy atom. The number of nitrogens with zero attached hydrogens (tertiary/aromatic N) is 2. The van der Waals surface area contributed by atoms with Crippen LogP contribution in [0.5, 0.6) is 0 Å². The lowest BCUT2D eigenvalue weighted by Gasteiger charge is -2.11. The Hall–Kier alpha value is -3.60. The van der Waals surface area contributed by atoms with Crippen molar-refractivity contribution in [3.05, 3.63) is 77.9 Å². The molecule has 1 amide bonds. The van der Waals surface area contributed by atoms with Gasteiger partial charge in [-0.2, -0.15) is 0 Å². The van der Waals surface area contributed by atoms with Crippen LogP contribution in [0.15, 0.2) is 71.1 Å². The Morgan fingerprint density at radius 1 is 1.00 bits per heavy atom. The number of aromatic nitrogens is 1. The van der Waals surface area contributed by atoms with E-state index in [4.69, 9.17) is 4.42 Å². The summed E-state index contributed by atoms with van der Waals surface area (Å²) in [5.74, 6) is 0.416. The zero-order valence-electron chi connectivity index (χ0n) is 16.1. The first-order chi connectivity index (χ1) is 13.5. The average Bonchev–Trinajstić information content (AvgIpc) is 3.11. The van der Waals surface area contributed by atoms with Crippen molar-refractivity contribution in [1.82, 2.24) is 4.98 Å². The van der Waals surface area contributed by atoms with Crippen LogP contribution in [-0.4, -0.2) is 25.0 Å². The number of fused-ring (bicyclic) bond motifs is 1. The summed E-state index contributed by atoms with van der Waals surface area (Å²) >= 11 is 0. The minimum absolute atomic E-state index is 0.142. The molecular weight excluding hydrogens is 350 g/mol. The third kappa shape index (κ3) is 3.47. The van der Waals surface area contributed by atoms with Gasteiger partial charge in [0.15, 0.2) is 5.58 Å². The fraction of sp³-hybridized carbons (Fsp3) is 0.130. The van der Waals surface area contributed by atoms with Crippen LogP contribution in [-0.2, 0) is 0 Å². The van der Waals surface area contributed by atoms with Crippen molar-refractivity contribution in [2.45, 2.75) is 6.92 Å². The van der Waals surface area contributed by atoms with Gasteiger partial charge in [0.1, 0.15) is 5.52 Å². The molecule has 0 atom stereocenters. The predicted octanol–water partition coefficient (Wildman–Crippen LogP) is 5.12. The lowest BCUT2D eigenvalue weighted by Crippen LogP contribution is -2.13. The van der Waals surface area contributed by atoms with Crippen molar-refractivity contribution in [2.24, 2.45) is 0 Å². The highest BCUT2D eigenvalue weighted by Crippen LogP contribution is 2.27. The minimum Gasteiger partial charge on any atom is -0.436 e. The molecular formula is C23H21N3O2. The Morgan fingerprint density at radius 2 is 1.75 bits per heavy atom. The molecule has 0 unspecified atom stereocenters. The number of aryl methyl sites for hydroxylation is 1. The number of rotatable bonds is 4. The molecule has 0 saturated carbocycles. The molecule has 5 heteroatoms. The molecule has 0 saturated heterocycles. The van der Waals surface area contributed by atoms with Crippen molar-refractivity contribution in [3.8, 4) is 11.5 Å². The van der Waals surface area contributed by atoms with E-state index in [0.717, 1.165) is 22.3 Å². The standard InChI is InChI=1S/C23H21N3O2/c1-15-6-4-5-7-19(15)22(27)24-17-10-13-20-21(14-17)28-23(25-20)16-8-11-18(12-9-16)26(2)3/h4-14H,1-3H3,(H,24,27). The van der Waals surface area contributed by atoms with E-state index < -0.39 is 0 Å². The highest BCUT2D eigenvalue weighted by atomic mass is 16.3. The second kappa shape index (κ2) is 7.19. The van der Waals surface area contributed by atoms with Crippen LogP contribution in [0.4, 0.5) is 11.4 Å². The summed E-state index contributed by atoms with van der Waals surface area (Å²) in [4.78, 5) is 19.1. The molecule has 0 aliphatic heterocycles. The molecule has 140 valence electrons. The Bertz CT molecular complexity index is 1140. The molecule has 1 aromatic heterocycles. The molecule has 28 heavy (non-hydrogen) atoms. The minimum atomic E-state index is -0.142. The van der Waals surface area contributed by atoms with Gasteiger partial charge in [0.05, 0.1) is 0 Å². The van der Waals surface area contributed by atoms with Crippen LogP contribution in [0.2, 0.25) is 0 Å². The second-order valence-corrected chi connectivity index (χ2v) is 6.91. The van der Waals surface area contributed by atoms with E-state index in [1.165, 1.54) is 0 Å². The monoisotopic (exact) mass is 371 g/mol. The zero-order chi connectivity index (χ0) is 19.7. The van der Waals surface area contributed by atoms with Crippen LogP contribution in [0.1, 0.15) is 15.9 Å². The first kappa shape index (κ1) is 17.8. The number of nitrogens with one attached hydrogen (secondary N) is 1. The smallest absolute Gasteiger partial charge is 0.255 e. The number of hydrogen-bond acceptors (Lipinski definition) is 4. The number of oxazole rings is 1. The van der Waals surface area contributed by atoms with Gasteiger partial charge < -0.3 is 14.6 Å². The van der Waals surface area contributed by atoms with Crippen molar-refractivity contribution < 1.29 is 9.21 Å². The van der Waals surface area contributed by atoms with E-state index in [-0.39, 0.29) is 5.91 Å². The molecule has 0 spiro atoms. The fourth-order valence-electron chi connectivity index (χ4n) is 3.05. The summed E-state index contributed by atoms with van der Waals surface area (Å²) in [7, 11) is 4.00. The maximum absolute atomic E-state index is 12.5. The van der Waals surface area contributed by atoms with Gasteiger partial charge in [0.2, 0.25) is 5.89 Å². The second-order valence-electron chi connectivity index (χ2n) is 6.91. The SMILES string of the molecule is Cc1ccccc1C(=O)Nc1ccc2nc(-c3ccc(N(C)C)cc3)oc2c1. The maximum Gasteiger partial charge on any atom is 0.255 e. The van der Waals surface area contributed by atoms with Gasteiger partial charge in [-0.25, -0.2) is 4.98 Å². The third-order valence-corrected chi connectivity index (χ3v) is 4.67. The molecule has 0 aliphatic rings. The quantitative estimate of drug-likeness (QED) is 0.541. The van der Waals surface area contributed by atoms with E-state index >= 15 is 0 Å². The molecule has 0 radical (unpaired) electrons. The van der Waals surface area contributed by atoms with Crippen LogP contribution in [0.25, 0.3) is 22.6 Å². The average molecular weight is 371 g/mol. The van der Waals surface area contributed by atoms with Crippen LogP contribution >= 0.6 is 0 Å². The number of benzene rings is 3. The lowest BCUT2D eigenvalue weighted by atomic mass is 10.1. The number of carbonyl (C=O) groups is 1. The molecule has 4 rings (SSSR count). The molecule has 0 fully saturated rings. The van der Waals surface area contributed by atoms with Crippen LogP contribution in [0, 0.1) is 6.92 Å². The molecule has 1 heterocycles. The van der Waals surface area contributed by atoms with Gasteiger partial charge in [0, 0.05) is 42.7 Å². The Labute approximate surface area is 163 Å². The largest absolute Gasteiger partial charge is 0.436 e. The van der Waals surface area contributed by atoms with Crippen molar-refractivity contribution in [2.75, 3.05) is 24.3 Å². The van der Waals surface area contributed by atoms with Gasteiger partial charge in [0.25, 0.3) is 5.91 Å². The summed E-state index contributed by atoms with van der Waals surface area (Å²) in [6.07, 6.45) is 0. The molecule has 1 N–H and O–H groups in total. The number of hydrogen-bond donors (Lipinski definition) is 1. The maximum atomic E-state index is 12.5. The van der Waals surface area contributed by atoms with E-state index in [9.17, 15) is 4.79 Å². The van der Waals surface area contributed by atoms with Crippen molar-refractivity contribution in [1.29, 1.82) is 0 Å². The van der Waals surface area contributed by atoms with Crippen molar-refractivity contribution in [3.63, 3.8) is 0 Å². The van der Waals surface area contributed by atoms with Crippen LogP contribution in [0.3, 0.4) is 0 Å². The van der Waals surface area contributed by atoms with Crippen molar-refractivity contribution >= 4 is 28.4 Å². The highest BCUT2D eigenvalue weighted by Gasteiger charge is 2.12. The Kier molecular flexibility index (Phi) is 4.57. The normalized spacial score (nSPS) is 10.8. The van der Waals surface area contributed by atoms with E-state index in [1.54, 1.807) is 6.07 Å². The molecule has 0 aliphatic carbocycles. The van der Waals surface area contributed by atoms with E-state index in [2.05, 4.69) is 10.3 Å². The summed E-state index contributed by atoms with van der Waals surface area (Å²) in [6, 6.07) is 21.0. The molecule has 0 bridgehead atoms. The van der Waals surface area contributed by atoms with E-state index in [0.29, 0.717) is 22.7 Å². The summed E-state index contributed by atoms with van der Waals surface area (Å²) < 4.78 is 5.93. The predicted molar refractivity (Wildman–Crippen MR) is 113 cm³/mol. The zero-order valence-corrected chi connectivity index (χ0v) is 16.1. The van der Waals surface area contributed by atoms with Gasteiger partial charge in [-0.15, -0.1) is 0 Å². The first-order valence-corrected chi connectivity index (χ1v) is 9.06. The summed E-state index contributed by atoms with van der Waals surface area (Å²) in [6.45, 7) is 1.92. The third-order valence-electron chi connectivity index (χ3n) is 4.67. The van der Waals surface area contributed by atoms with Gasteiger partial charge >= 0.3 is 0 Å². The highest BCUT2D eigenvalue weighted by molar-refractivity contribution is 6.05. The first-order valence-electron chi connectivity index (χ1n) is 9.06. The number of amides is 1. The Balaban J connectivity index is 1.60. The molecule has 4 aromatic rings.